The molecule has 3 aromatic rings. The van der Waals surface area contributed by atoms with Crippen molar-refractivity contribution in [2.45, 2.75) is 39.8 Å². The number of aryl methyl sites for hydroxylation is 1. The zero-order valence-corrected chi connectivity index (χ0v) is 17.7. The summed E-state index contributed by atoms with van der Waals surface area (Å²) in [6.45, 7) is 7.77. The zero-order chi connectivity index (χ0) is 21.1. The zero-order valence-electron chi connectivity index (χ0n) is 17.7. The van der Waals surface area contributed by atoms with Crippen molar-refractivity contribution in [3.63, 3.8) is 0 Å². The SMILES string of the molecule is Cc1[nH]c2ccccc2c1C(=O)C(=O)NCc1ccc(CN2CCCC(C)C2)cc1. The van der Waals surface area contributed by atoms with Crippen molar-refractivity contribution in [3.05, 3.63) is 70.9 Å². The number of nitrogens with zero attached hydrogens (tertiary/aromatic N) is 1. The summed E-state index contributed by atoms with van der Waals surface area (Å²) in [5.74, 6) is -0.304. The predicted octanol–water partition coefficient (Wildman–Crippen LogP) is 4.21. The number of ketones is 1. The molecule has 1 unspecified atom stereocenters. The average Bonchev–Trinajstić information content (AvgIpc) is 3.08. The minimum Gasteiger partial charge on any atom is -0.358 e. The van der Waals surface area contributed by atoms with Gasteiger partial charge in [-0.05, 0) is 49.4 Å². The molecule has 1 aliphatic heterocycles. The molecule has 1 fully saturated rings. The summed E-state index contributed by atoms with van der Waals surface area (Å²) in [6.07, 6.45) is 2.60. The molecular weight excluding hydrogens is 374 g/mol. The standard InChI is InChI=1S/C25H29N3O2/c1-17-6-5-13-28(15-17)16-20-11-9-19(10-12-20)14-26-25(30)24(29)23-18(2)27-22-8-4-3-7-21(22)23/h3-4,7-12,17,27H,5-6,13-16H2,1-2H3,(H,26,30). The van der Waals surface area contributed by atoms with Crippen molar-refractivity contribution in [1.82, 2.24) is 15.2 Å². The van der Waals surface area contributed by atoms with Gasteiger partial charge >= 0.3 is 0 Å². The number of piperidine rings is 1. The molecule has 2 heterocycles. The van der Waals surface area contributed by atoms with E-state index < -0.39 is 11.7 Å². The van der Waals surface area contributed by atoms with Gasteiger partial charge in [0.2, 0.25) is 0 Å². The Morgan fingerprint density at radius 3 is 2.60 bits per heavy atom. The number of aromatic amines is 1. The third-order valence-electron chi connectivity index (χ3n) is 5.95. The summed E-state index contributed by atoms with van der Waals surface area (Å²) in [7, 11) is 0. The van der Waals surface area contributed by atoms with E-state index >= 15 is 0 Å². The first-order valence-electron chi connectivity index (χ1n) is 10.7. The minimum absolute atomic E-state index is 0.340. The van der Waals surface area contributed by atoms with Crippen LogP contribution in [0.1, 0.15) is 46.9 Å². The van der Waals surface area contributed by atoms with E-state index in [1.54, 1.807) is 0 Å². The maximum atomic E-state index is 12.7. The predicted molar refractivity (Wildman–Crippen MR) is 119 cm³/mol. The van der Waals surface area contributed by atoms with Crippen LogP contribution in [0, 0.1) is 12.8 Å². The summed E-state index contributed by atoms with van der Waals surface area (Å²) < 4.78 is 0. The number of benzene rings is 2. The summed E-state index contributed by atoms with van der Waals surface area (Å²) in [6, 6.07) is 15.8. The van der Waals surface area contributed by atoms with E-state index in [0.29, 0.717) is 17.8 Å². The van der Waals surface area contributed by atoms with E-state index in [4.69, 9.17) is 0 Å². The van der Waals surface area contributed by atoms with Crippen LogP contribution in [-0.2, 0) is 17.9 Å². The van der Waals surface area contributed by atoms with Crippen LogP contribution in [-0.4, -0.2) is 34.7 Å². The van der Waals surface area contributed by atoms with Crippen LogP contribution in [0.5, 0.6) is 0 Å². The average molecular weight is 404 g/mol. The summed E-state index contributed by atoms with van der Waals surface area (Å²) in [4.78, 5) is 30.9. The van der Waals surface area contributed by atoms with Gasteiger partial charge in [-0.25, -0.2) is 0 Å². The van der Waals surface area contributed by atoms with Gasteiger partial charge in [-0.2, -0.15) is 0 Å². The highest BCUT2D eigenvalue weighted by Crippen LogP contribution is 2.22. The number of carbonyl (C=O) groups is 2. The maximum Gasteiger partial charge on any atom is 0.292 e. The topological polar surface area (TPSA) is 65.2 Å². The molecule has 1 amide bonds. The van der Waals surface area contributed by atoms with Gasteiger partial charge in [-0.15, -0.1) is 0 Å². The Morgan fingerprint density at radius 1 is 1.10 bits per heavy atom. The van der Waals surface area contributed by atoms with Crippen LogP contribution in [0.3, 0.4) is 0 Å². The van der Waals surface area contributed by atoms with E-state index in [1.165, 1.54) is 18.4 Å². The van der Waals surface area contributed by atoms with Crippen LogP contribution < -0.4 is 5.32 Å². The fraction of sp³-hybridized carbons (Fsp3) is 0.360. The van der Waals surface area contributed by atoms with Crippen molar-refractivity contribution in [2.24, 2.45) is 5.92 Å². The van der Waals surface area contributed by atoms with E-state index in [1.807, 2.05) is 43.3 Å². The molecule has 1 atom stereocenters. The number of fused-ring (bicyclic) bond motifs is 1. The summed E-state index contributed by atoms with van der Waals surface area (Å²) in [5, 5.41) is 3.56. The molecule has 1 aliphatic rings. The molecular formula is C25H29N3O2. The van der Waals surface area contributed by atoms with Crippen molar-refractivity contribution < 1.29 is 9.59 Å². The molecule has 2 N–H and O–H groups in total. The minimum atomic E-state index is -0.575. The Labute approximate surface area is 177 Å². The number of para-hydroxylation sites is 1. The van der Waals surface area contributed by atoms with Crippen molar-refractivity contribution in [2.75, 3.05) is 13.1 Å². The van der Waals surface area contributed by atoms with Gasteiger partial charge in [0.1, 0.15) is 0 Å². The number of hydrogen-bond donors (Lipinski definition) is 2. The van der Waals surface area contributed by atoms with Crippen molar-refractivity contribution in [3.8, 4) is 0 Å². The second-order valence-electron chi connectivity index (χ2n) is 8.48. The normalized spacial score (nSPS) is 17.2. The molecule has 0 saturated carbocycles. The van der Waals surface area contributed by atoms with E-state index in [2.05, 4.69) is 34.3 Å². The number of nitrogens with one attached hydrogen (secondary N) is 2. The summed E-state index contributed by atoms with van der Waals surface area (Å²) in [5.41, 5.74) is 4.30. The van der Waals surface area contributed by atoms with Crippen LogP contribution in [0.4, 0.5) is 0 Å². The Bertz CT molecular complexity index is 1050. The van der Waals surface area contributed by atoms with E-state index in [9.17, 15) is 9.59 Å². The highest BCUT2D eigenvalue weighted by Gasteiger charge is 2.22. The number of rotatable bonds is 6. The molecule has 2 aromatic carbocycles. The van der Waals surface area contributed by atoms with Gasteiger partial charge in [0.05, 0.1) is 5.56 Å². The third kappa shape index (κ3) is 4.46. The molecule has 0 spiro atoms. The fourth-order valence-electron chi connectivity index (χ4n) is 4.40. The monoisotopic (exact) mass is 403 g/mol. The number of Topliss-reactive ketones (excluding diaryl/α,β-unsaturated/α-hetero) is 1. The highest BCUT2D eigenvalue weighted by atomic mass is 16.2. The number of amides is 1. The van der Waals surface area contributed by atoms with Crippen molar-refractivity contribution in [1.29, 1.82) is 0 Å². The lowest BCUT2D eigenvalue weighted by Crippen LogP contribution is -2.33. The van der Waals surface area contributed by atoms with Gasteiger partial charge < -0.3 is 10.3 Å². The highest BCUT2D eigenvalue weighted by molar-refractivity contribution is 6.45. The van der Waals surface area contributed by atoms with Crippen LogP contribution in [0.2, 0.25) is 0 Å². The molecule has 156 valence electrons. The molecule has 5 nitrogen and oxygen atoms in total. The van der Waals surface area contributed by atoms with Crippen molar-refractivity contribution >= 4 is 22.6 Å². The smallest absolute Gasteiger partial charge is 0.292 e. The number of carbonyl (C=O) groups excluding carboxylic acids is 2. The van der Waals surface area contributed by atoms with E-state index in [-0.39, 0.29) is 0 Å². The fourth-order valence-corrected chi connectivity index (χ4v) is 4.40. The second-order valence-corrected chi connectivity index (χ2v) is 8.48. The molecule has 0 radical (unpaired) electrons. The van der Waals surface area contributed by atoms with Gasteiger partial charge in [-0.1, -0.05) is 49.4 Å². The van der Waals surface area contributed by atoms with Crippen LogP contribution >= 0.6 is 0 Å². The Morgan fingerprint density at radius 2 is 1.83 bits per heavy atom. The number of H-pyrrole nitrogens is 1. The Hall–Kier alpha value is -2.92. The first-order valence-corrected chi connectivity index (χ1v) is 10.7. The molecule has 1 aromatic heterocycles. The van der Waals surface area contributed by atoms with Gasteiger partial charge in [0, 0.05) is 36.2 Å². The number of aromatic nitrogens is 1. The molecule has 1 saturated heterocycles. The van der Waals surface area contributed by atoms with Gasteiger partial charge in [0.25, 0.3) is 11.7 Å². The van der Waals surface area contributed by atoms with Gasteiger partial charge in [0.15, 0.2) is 0 Å². The quantitative estimate of drug-likeness (QED) is 0.479. The van der Waals surface area contributed by atoms with Crippen LogP contribution in [0.15, 0.2) is 48.5 Å². The largest absolute Gasteiger partial charge is 0.358 e. The second kappa shape index (κ2) is 8.84. The molecule has 30 heavy (non-hydrogen) atoms. The number of likely N-dealkylation sites (tertiary alicyclic amines) is 1. The third-order valence-corrected chi connectivity index (χ3v) is 5.95. The van der Waals surface area contributed by atoms with E-state index in [0.717, 1.165) is 42.0 Å². The lowest BCUT2D eigenvalue weighted by molar-refractivity contribution is -0.117. The summed E-state index contributed by atoms with van der Waals surface area (Å²) >= 11 is 0. The van der Waals surface area contributed by atoms with Gasteiger partial charge in [-0.3, -0.25) is 14.5 Å². The first-order chi connectivity index (χ1) is 14.5. The lowest BCUT2D eigenvalue weighted by Gasteiger charge is -2.30. The lowest BCUT2D eigenvalue weighted by atomic mass is 9.99. The first kappa shape index (κ1) is 20.4. The maximum absolute atomic E-state index is 12.7. The molecule has 0 bridgehead atoms. The Balaban J connectivity index is 1.35. The molecule has 4 rings (SSSR count). The molecule has 5 heteroatoms. The van der Waals surface area contributed by atoms with Crippen LogP contribution in [0.25, 0.3) is 10.9 Å². The molecule has 0 aliphatic carbocycles. The Kier molecular flexibility index (Phi) is 6.00. The number of hydrogen-bond acceptors (Lipinski definition) is 3.